The van der Waals surface area contributed by atoms with E-state index >= 15 is 0 Å². The summed E-state index contributed by atoms with van der Waals surface area (Å²) in [6, 6.07) is 1.73. The van der Waals surface area contributed by atoms with Crippen LogP contribution >= 0.6 is 0 Å². The molecule has 0 saturated heterocycles. The molecule has 2 amide bonds. The normalized spacial score (nSPS) is 10.8. The zero-order chi connectivity index (χ0) is 14.6. The second-order valence-electron chi connectivity index (χ2n) is 4.55. The molecule has 2 N–H and O–H groups in total. The van der Waals surface area contributed by atoms with Gasteiger partial charge in [0, 0.05) is 0 Å². The predicted octanol–water partition coefficient (Wildman–Crippen LogP) is 1.53. The van der Waals surface area contributed by atoms with Crippen molar-refractivity contribution in [2.45, 2.75) is 26.4 Å². The van der Waals surface area contributed by atoms with Crippen LogP contribution < -0.4 is 10.9 Å². The van der Waals surface area contributed by atoms with Gasteiger partial charge in [-0.05, 0) is 32.9 Å². The Morgan fingerprint density at radius 2 is 1.84 bits per heavy atom. The van der Waals surface area contributed by atoms with Crippen LogP contribution in [0.5, 0.6) is 0 Å². The Bertz CT molecular complexity index is 500. The van der Waals surface area contributed by atoms with Crippen LogP contribution in [0.15, 0.2) is 12.1 Å². The summed E-state index contributed by atoms with van der Waals surface area (Å²) in [7, 11) is 0. The topological polar surface area (TPSA) is 80.3 Å². The van der Waals surface area contributed by atoms with Crippen LogP contribution in [-0.4, -0.2) is 22.6 Å². The highest BCUT2D eigenvalue weighted by molar-refractivity contribution is 5.94. The fraction of sp³-hybridized carbons (Fsp3) is 0.364. The molecule has 1 aromatic heterocycles. The molecular weight excluding hydrogens is 260 g/mol. The fourth-order valence-corrected chi connectivity index (χ4v) is 1.06. The molecule has 104 valence electrons. The summed E-state index contributed by atoms with van der Waals surface area (Å²) in [4.78, 5) is 25.5. The summed E-state index contributed by atoms with van der Waals surface area (Å²) in [5, 5.41) is 0. The van der Waals surface area contributed by atoms with Gasteiger partial charge in [-0.3, -0.25) is 10.2 Å². The van der Waals surface area contributed by atoms with E-state index in [1.165, 1.54) is 0 Å². The van der Waals surface area contributed by atoms with Gasteiger partial charge in [0.25, 0.3) is 5.91 Å². The van der Waals surface area contributed by atoms with Gasteiger partial charge in [-0.1, -0.05) is 0 Å². The zero-order valence-electron chi connectivity index (χ0n) is 10.6. The number of hydrazine groups is 1. The zero-order valence-corrected chi connectivity index (χ0v) is 10.6. The summed E-state index contributed by atoms with van der Waals surface area (Å²) in [5.74, 6) is -3.30. The third kappa shape index (κ3) is 4.86. The van der Waals surface area contributed by atoms with Gasteiger partial charge < -0.3 is 4.74 Å². The van der Waals surface area contributed by atoms with Crippen molar-refractivity contribution in [2.75, 3.05) is 0 Å². The first-order valence-electron chi connectivity index (χ1n) is 5.30. The van der Waals surface area contributed by atoms with Gasteiger partial charge in [0.1, 0.15) is 5.60 Å². The van der Waals surface area contributed by atoms with Crippen molar-refractivity contribution in [3.05, 3.63) is 29.6 Å². The molecule has 0 spiro atoms. The van der Waals surface area contributed by atoms with E-state index in [0.29, 0.717) is 0 Å². The molecule has 1 aromatic rings. The minimum absolute atomic E-state index is 0.502. The lowest BCUT2D eigenvalue weighted by Gasteiger charge is -2.19. The molecule has 0 aliphatic carbocycles. The molecule has 8 heteroatoms. The van der Waals surface area contributed by atoms with Crippen molar-refractivity contribution in [3.63, 3.8) is 0 Å². The molecule has 0 fully saturated rings. The van der Waals surface area contributed by atoms with E-state index in [1.54, 1.807) is 20.8 Å². The number of nitrogens with zero attached hydrogens (tertiary/aromatic N) is 1. The van der Waals surface area contributed by atoms with Crippen molar-refractivity contribution in [1.29, 1.82) is 0 Å². The summed E-state index contributed by atoms with van der Waals surface area (Å²) in [5.41, 5.74) is 2.61. The smallest absolute Gasteiger partial charge is 0.426 e. The molecule has 1 heterocycles. The van der Waals surface area contributed by atoms with E-state index in [9.17, 15) is 18.4 Å². The van der Waals surface area contributed by atoms with E-state index < -0.39 is 35.1 Å². The van der Waals surface area contributed by atoms with Gasteiger partial charge in [-0.25, -0.2) is 10.2 Å². The first-order valence-corrected chi connectivity index (χ1v) is 5.30. The number of hydrogen-bond donors (Lipinski definition) is 2. The maximum Gasteiger partial charge on any atom is 0.426 e. The van der Waals surface area contributed by atoms with E-state index in [4.69, 9.17) is 4.74 Å². The molecule has 0 aliphatic rings. The molecule has 1 rings (SSSR count). The summed E-state index contributed by atoms with van der Waals surface area (Å²) < 4.78 is 30.5. The van der Waals surface area contributed by atoms with Crippen LogP contribution in [0.4, 0.5) is 13.6 Å². The number of rotatable bonds is 1. The number of amides is 2. The lowest BCUT2D eigenvalue weighted by Crippen LogP contribution is -2.44. The van der Waals surface area contributed by atoms with Crippen LogP contribution in [0.2, 0.25) is 0 Å². The molecule has 19 heavy (non-hydrogen) atoms. The van der Waals surface area contributed by atoms with Crippen molar-refractivity contribution < 1.29 is 23.1 Å². The average molecular weight is 273 g/mol. The first kappa shape index (κ1) is 14.8. The molecule has 0 radical (unpaired) electrons. The number of hydrogen-bond acceptors (Lipinski definition) is 4. The Hall–Kier alpha value is -2.25. The minimum Gasteiger partial charge on any atom is -0.443 e. The van der Waals surface area contributed by atoms with Gasteiger partial charge in [0.15, 0.2) is 0 Å². The Morgan fingerprint density at radius 1 is 1.21 bits per heavy atom. The minimum atomic E-state index is -1.27. The number of halogens is 2. The number of aromatic nitrogens is 1. The molecule has 0 atom stereocenters. The van der Waals surface area contributed by atoms with Crippen molar-refractivity contribution >= 4 is 12.0 Å². The maximum absolute atomic E-state index is 13.1. The van der Waals surface area contributed by atoms with Gasteiger partial charge in [-0.2, -0.15) is 13.8 Å². The van der Waals surface area contributed by atoms with Crippen molar-refractivity contribution in [2.24, 2.45) is 0 Å². The predicted molar refractivity (Wildman–Crippen MR) is 61.0 cm³/mol. The number of carbonyl (C=O) groups is 2. The Kier molecular flexibility index (Phi) is 4.36. The average Bonchev–Trinajstić information content (AvgIpc) is 2.23. The number of pyridine rings is 1. The number of nitrogens with one attached hydrogen (secondary N) is 2. The fourth-order valence-electron chi connectivity index (χ4n) is 1.06. The van der Waals surface area contributed by atoms with E-state index in [-0.39, 0.29) is 0 Å². The van der Waals surface area contributed by atoms with Crippen LogP contribution in [0, 0.1) is 11.9 Å². The summed E-state index contributed by atoms with van der Waals surface area (Å²) in [6.07, 6.45) is -0.906. The van der Waals surface area contributed by atoms with Crippen LogP contribution in [0.3, 0.4) is 0 Å². The lowest BCUT2D eigenvalue weighted by atomic mass is 10.2. The Morgan fingerprint density at radius 3 is 2.37 bits per heavy atom. The number of carbonyl (C=O) groups excluding carboxylic acids is 2. The highest BCUT2D eigenvalue weighted by Gasteiger charge is 2.18. The third-order valence-electron chi connectivity index (χ3n) is 1.74. The molecular formula is C11H13F2N3O3. The van der Waals surface area contributed by atoms with Crippen LogP contribution in [-0.2, 0) is 4.74 Å². The molecule has 0 unspecified atom stereocenters. The van der Waals surface area contributed by atoms with Gasteiger partial charge >= 0.3 is 6.09 Å². The van der Waals surface area contributed by atoms with Crippen molar-refractivity contribution in [3.8, 4) is 0 Å². The van der Waals surface area contributed by atoms with Crippen molar-refractivity contribution in [1.82, 2.24) is 15.8 Å². The van der Waals surface area contributed by atoms with E-state index in [2.05, 4.69) is 4.98 Å². The molecule has 0 saturated carbocycles. The van der Waals surface area contributed by atoms with E-state index in [1.807, 2.05) is 10.9 Å². The SMILES string of the molecule is CC(C)(C)OC(=O)NNC(=O)c1ccc(F)nc1F. The second-order valence-corrected chi connectivity index (χ2v) is 4.55. The van der Waals surface area contributed by atoms with E-state index in [0.717, 1.165) is 12.1 Å². The standard InChI is InChI=1S/C11H13F2N3O3/c1-11(2,3)19-10(18)16-15-9(17)6-4-5-7(12)14-8(6)13/h4-5H,1-3H3,(H,15,17)(H,16,18). The second kappa shape index (κ2) is 5.59. The third-order valence-corrected chi connectivity index (χ3v) is 1.74. The molecule has 6 nitrogen and oxygen atoms in total. The van der Waals surface area contributed by atoms with Crippen LogP contribution in [0.25, 0.3) is 0 Å². The lowest BCUT2D eigenvalue weighted by molar-refractivity contribution is 0.0482. The van der Waals surface area contributed by atoms with Gasteiger partial charge in [0.2, 0.25) is 11.9 Å². The first-order chi connectivity index (χ1) is 8.69. The molecule has 0 aliphatic heterocycles. The summed E-state index contributed by atoms with van der Waals surface area (Å²) in [6.45, 7) is 4.91. The highest BCUT2D eigenvalue weighted by atomic mass is 19.1. The molecule has 0 bridgehead atoms. The quantitative estimate of drug-likeness (QED) is 0.600. The highest BCUT2D eigenvalue weighted by Crippen LogP contribution is 2.07. The van der Waals surface area contributed by atoms with Gasteiger partial charge in [0.05, 0.1) is 5.56 Å². The van der Waals surface area contributed by atoms with Gasteiger partial charge in [-0.15, -0.1) is 0 Å². The maximum atomic E-state index is 13.1. The number of ether oxygens (including phenoxy) is 1. The summed E-state index contributed by atoms with van der Waals surface area (Å²) >= 11 is 0. The Labute approximate surface area is 108 Å². The monoisotopic (exact) mass is 273 g/mol. The Balaban J connectivity index is 2.59. The molecule has 0 aromatic carbocycles. The largest absolute Gasteiger partial charge is 0.443 e. The van der Waals surface area contributed by atoms with Crippen LogP contribution in [0.1, 0.15) is 31.1 Å².